The third-order valence-electron chi connectivity index (χ3n) is 4.42. The standard InChI is InChI=1S/C23H22N2O4/c1-15-14-17(12-13-18(15)25-22(26)16-8-5-4-6-9-16)24-23(27)21-19(28-2)10-7-11-20(21)29-3/h4-14H,1-3H3,(H,24,27)(H,25,26). The van der Waals surface area contributed by atoms with Gasteiger partial charge in [0, 0.05) is 16.9 Å². The first-order valence-corrected chi connectivity index (χ1v) is 9.03. The van der Waals surface area contributed by atoms with Gasteiger partial charge in [-0.05, 0) is 55.0 Å². The molecule has 3 aromatic rings. The van der Waals surface area contributed by atoms with E-state index in [-0.39, 0.29) is 11.8 Å². The van der Waals surface area contributed by atoms with Crippen molar-refractivity contribution >= 4 is 23.2 Å². The molecule has 6 heteroatoms. The molecule has 0 saturated heterocycles. The predicted octanol–water partition coefficient (Wildman–Crippen LogP) is 4.52. The van der Waals surface area contributed by atoms with Crippen LogP contribution in [0.3, 0.4) is 0 Å². The maximum Gasteiger partial charge on any atom is 0.263 e. The molecular formula is C23H22N2O4. The Morgan fingerprint density at radius 1 is 0.759 bits per heavy atom. The van der Waals surface area contributed by atoms with Crippen LogP contribution in [-0.2, 0) is 0 Å². The lowest BCUT2D eigenvalue weighted by Crippen LogP contribution is -2.15. The first kappa shape index (κ1) is 19.9. The fourth-order valence-corrected chi connectivity index (χ4v) is 2.93. The lowest BCUT2D eigenvalue weighted by molar-refractivity contribution is 0.101. The van der Waals surface area contributed by atoms with Gasteiger partial charge in [0.15, 0.2) is 0 Å². The Kier molecular flexibility index (Phi) is 6.14. The molecule has 0 atom stereocenters. The molecule has 29 heavy (non-hydrogen) atoms. The molecule has 0 aliphatic heterocycles. The number of ether oxygens (including phenoxy) is 2. The highest BCUT2D eigenvalue weighted by Gasteiger charge is 2.18. The van der Waals surface area contributed by atoms with Gasteiger partial charge >= 0.3 is 0 Å². The van der Waals surface area contributed by atoms with Crippen LogP contribution < -0.4 is 20.1 Å². The zero-order chi connectivity index (χ0) is 20.8. The molecule has 3 aromatic carbocycles. The number of methoxy groups -OCH3 is 2. The van der Waals surface area contributed by atoms with Gasteiger partial charge in [0.05, 0.1) is 14.2 Å². The lowest BCUT2D eigenvalue weighted by Gasteiger charge is -2.14. The second-order valence-corrected chi connectivity index (χ2v) is 6.34. The minimum atomic E-state index is -0.347. The number of hydrogen-bond acceptors (Lipinski definition) is 4. The largest absolute Gasteiger partial charge is 0.496 e. The van der Waals surface area contributed by atoms with Crippen LogP contribution in [-0.4, -0.2) is 26.0 Å². The summed E-state index contributed by atoms with van der Waals surface area (Å²) in [5.74, 6) is 0.305. The van der Waals surface area contributed by atoms with E-state index in [1.54, 1.807) is 48.5 Å². The predicted molar refractivity (Wildman–Crippen MR) is 113 cm³/mol. The second kappa shape index (κ2) is 8.93. The van der Waals surface area contributed by atoms with E-state index in [0.29, 0.717) is 34.0 Å². The van der Waals surface area contributed by atoms with Gasteiger partial charge in [0.2, 0.25) is 0 Å². The van der Waals surface area contributed by atoms with Crippen molar-refractivity contribution in [2.75, 3.05) is 24.9 Å². The summed E-state index contributed by atoms with van der Waals surface area (Å²) in [4.78, 5) is 25.1. The molecule has 0 radical (unpaired) electrons. The Morgan fingerprint density at radius 3 is 2.00 bits per heavy atom. The van der Waals surface area contributed by atoms with E-state index in [1.165, 1.54) is 14.2 Å². The van der Waals surface area contributed by atoms with E-state index >= 15 is 0 Å². The van der Waals surface area contributed by atoms with E-state index in [4.69, 9.17) is 9.47 Å². The molecule has 6 nitrogen and oxygen atoms in total. The van der Waals surface area contributed by atoms with Crippen molar-refractivity contribution in [1.29, 1.82) is 0 Å². The molecule has 0 saturated carbocycles. The van der Waals surface area contributed by atoms with Crippen molar-refractivity contribution in [2.24, 2.45) is 0 Å². The van der Waals surface area contributed by atoms with E-state index in [2.05, 4.69) is 10.6 Å². The minimum Gasteiger partial charge on any atom is -0.496 e. The van der Waals surface area contributed by atoms with Gasteiger partial charge in [-0.25, -0.2) is 0 Å². The van der Waals surface area contributed by atoms with Crippen LogP contribution in [0, 0.1) is 6.92 Å². The zero-order valence-corrected chi connectivity index (χ0v) is 16.5. The Hall–Kier alpha value is -3.80. The number of rotatable bonds is 6. The molecule has 0 bridgehead atoms. The lowest BCUT2D eigenvalue weighted by atomic mass is 10.1. The highest BCUT2D eigenvalue weighted by atomic mass is 16.5. The van der Waals surface area contributed by atoms with E-state index in [0.717, 1.165) is 5.56 Å². The molecule has 148 valence electrons. The molecule has 2 N–H and O–H groups in total. The third kappa shape index (κ3) is 4.55. The fraction of sp³-hybridized carbons (Fsp3) is 0.130. The number of carbonyl (C=O) groups excluding carboxylic acids is 2. The van der Waals surface area contributed by atoms with Crippen molar-refractivity contribution in [3.63, 3.8) is 0 Å². The quantitative estimate of drug-likeness (QED) is 0.649. The Labute approximate surface area is 169 Å². The van der Waals surface area contributed by atoms with E-state index < -0.39 is 0 Å². The van der Waals surface area contributed by atoms with Gasteiger partial charge in [-0.3, -0.25) is 9.59 Å². The van der Waals surface area contributed by atoms with Gasteiger partial charge in [-0.1, -0.05) is 24.3 Å². The number of aryl methyl sites for hydroxylation is 1. The van der Waals surface area contributed by atoms with Gasteiger partial charge in [-0.2, -0.15) is 0 Å². The third-order valence-corrected chi connectivity index (χ3v) is 4.42. The summed E-state index contributed by atoms with van der Waals surface area (Å²) in [7, 11) is 3.00. The summed E-state index contributed by atoms with van der Waals surface area (Å²) in [5, 5.41) is 5.73. The monoisotopic (exact) mass is 390 g/mol. The molecule has 2 amide bonds. The molecule has 0 aromatic heterocycles. The van der Waals surface area contributed by atoms with Gasteiger partial charge in [-0.15, -0.1) is 0 Å². The topological polar surface area (TPSA) is 76.7 Å². The first-order chi connectivity index (χ1) is 14.0. The van der Waals surface area contributed by atoms with Crippen LogP contribution in [0.5, 0.6) is 11.5 Å². The Balaban J connectivity index is 1.78. The SMILES string of the molecule is COc1cccc(OC)c1C(=O)Nc1ccc(NC(=O)c2ccccc2)c(C)c1. The average Bonchev–Trinajstić information content (AvgIpc) is 2.75. The van der Waals surface area contributed by atoms with Crippen molar-refractivity contribution in [2.45, 2.75) is 6.92 Å². The van der Waals surface area contributed by atoms with Crippen LogP contribution in [0.1, 0.15) is 26.3 Å². The summed E-state index contributed by atoms with van der Waals surface area (Å²) in [5.41, 5.74) is 2.98. The second-order valence-electron chi connectivity index (χ2n) is 6.34. The van der Waals surface area contributed by atoms with Crippen molar-refractivity contribution < 1.29 is 19.1 Å². The number of carbonyl (C=O) groups is 2. The highest BCUT2D eigenvalue weighted by molar-refractivity contribution is 6.08. The summed E-state index contributed by atoms with van der Waals surface area (Å²) in [6, 6.07) is 19.4. The van der Waals surface area contributed by atoms with Crippen LogP contribution in [0.15, 0.2) is 66.7 Å². The smallest absolute Gasteiger partial charge is 0.263 e. The van der Waals surface area contributed by atoms with Crippen molar-refractivity contribution in [3.05, 3.63) is 83.4 Å². The Bertz CT molecular complexity index is 1010. The molecule has 0 unspecified atom stereocenters. The molecule has 3 rings (SSSR count). The summed E-state index contributed by atoms with van der Waals surface area (Å²) in [6.45, 7) is 1.86. The van der Waals surface area contributed by atoms with Crippen LogP contribution in [0.25, 0.3) is 0 Å². The number of anilines is 2. The number of nitrogens with one attached hydrogen (secondary N) is 2. The summed E-state index contributed by atoms with van der Waals surface area (Å²) in [6.07, 6.45) is 0. The molecule has 0 aliphatic rings. The van der Waals surface area contributed by atoms with E-state index in [9.17, 15) is 9.59 Å². The first-order valence-electron chi connectivity index (χ1n) is 9.03. The van der Waals surface area contributed by atoms with Crippen molar-refractivity contribution in [1.82, 2.24) is 0 Å². The normalized spacial score (nSPS) is 10.2. The molecule has 0 fully saturated rings. The molecule has 0 spiro atoms. The number of hydrogen-bond donors (Lipinski definition) is 2. The van der Waals surface area contributed by atoms with Gasteiger partial charge in [0.1, 0.15) is 17.1 Å². The summed E-state index contributed by atoms with van der Waals surface area (Å²) < 4.78 is 10.6. The minimum absolute atomic E-state index is 0.191. The highest BCUT2D eigenvalue weighted by Crippen LogP contribution is 2.29. The van der Waals surface area contributed by atoms with Crippen molar-refractivity contribution in [3.8, 4) is 11.5 Å². The summed E-state index contributed by atoms with van der Waals surface area (Å²) >= 11 is 0. The average molecular weight is 390 g/mol. The van der Waals surface area contributed by atoms with Crippen LogP contribution >= 0.6 is 0 Å². The molecular weight excluding hydrogens is 368 g/mol. The fourth-order valence-electron chi connectivity index (χ4n) is 2.93. The zero-order valence-electron chi connectivity index (χ0n) is 16.5. The Morgan fingerprint density at radius 2 is 1.41 bits per heavy atom. The van der Waals surface area contributed by atoms with Crippen LogP contribution in [0.2, 0.25) is 0 Å². The number of amides is 2. The van der Waals surface area contributed by atoms with Crippen LogP contribution in [0.4, 0.5) is 11.4 Å². The molecule has 0 aliphatic carbocycles. The number of benzene rings is 3. The maximum atomic E-state index is 12.8. The van der Waals surface area contributed by atoms with Gasteiger partial charge < -0.3 is 20.1 Å². The van der Waals surface area contributed by atoms with Gasteiger partial charge in [0.25, 0.3) is 11.8 Å². The molecule has 0 heterocycles. The maximum absolute atomic E-state index is 12.8. The van der Waals surface area contributed by atoms with E-state index in [1.807, 2.05) is 25.1 Å².